The summed E-state index contributed by atoms with van der Waals surface area (Å²) in [5, 5.41) is 31.7. The van der Waals surface area contributed by atoms with E-state index in [1.165, 1.54) is 0 Å². The number of hydroxylamine groups is 1. The number of unbranched alkanes of at least 4 members (excludes halogenated alkanes) is 1. The molecule has 2 amide bonds. The second-order valence-corrected chi connectivity index (χ2v) is 7.71. The normalized spacial score (nSPS) is 13.0. The summed E-state index contributed by atoms with van der Waals surface area (Å²) in [4.78, 5) is 23.7. The van der Waals surface area contributed by atoms with Gasteiger partial charge < -0.3 is 25.2 Å². The third-order valence-corrected chi connectivity index (χ3v) is 3.92. The fraction of sp³-hybridized carbons (Fsp3) is 0.550. The number of carbonyl (C=O) groups is 2. The number of amides is 2. The number of nitrogens with one attached hydrogen (secondary N) is 4. The lowest BCUT2D eigenvalue weighted by Crippen LogP contribution is -2.50. The van der Waals surface area contributed by atoms with Gasteiger partial charge in [0.25, 0.3) is 0 Å². The molecule has 1 aromatic rings. The maximum absolute atomic E-state index is 12.1. The Bertz CT molecular complexity index is 678. The number of aliphatic hydroxyl groups excluding tert-OH is 1. The number of hydrogen-bond acceptors (Lipinski definition) is 7. The highest BCUT2D eigenvalue weighted by Crippen LogP contribution is 2.09. The maximum atomic E-state index is 12.1. The predicted octanol–water partition coefficient (Wildman–Crippen LogP) is 2.29. The van der Waals surface area contributed by atoms with Gasteiger partial charge in [-0.1, -0.05) is 30.3 Å². The molecule has 2 atom stereocenters. The van der Waals surface area contributed by atoms with E-state index in [2.05, 4.69) is 10.6 Å². The van der Waals surface area contributed by atoms with Crippen LogP contribution in [0.5, 0.6) is 0 Å². The number of ether oxygens (including phenoxy) is 2. The van der Waals surface area contributed by atoms with Gasteiger partial charge in [-0.3, -0.25) is 16.1 Å². The van der Waals surface area contributed by atoms with Crippen molar-refractivity contribution >= 4 is 18.0 Å². The van der Waals surface area contributed by atoms with E-state index in [4.69, 9.17) is 20.1 Å². The van der Waals surface area contributed by atoms with Crippen molar-refractivity contribution in [3.05, 3.63) is 35.9 Å². The summed E-state index contributed by atoms with van der Waals surface area (Å²) in [5.41, 5.74) is 1.81. The van der Waals surface area contributed by atoms with E-state index in [1.807, 2.05) is 30.3 Å². The van der Waals surface area contributed by atoms with Crippen LogP contribution in [0.2, 0.25) is 0 Å². The van der Waals surface area contributed by atoms with Crippen molar-refractivity contribution < 1.29 is 29.4 Å². The molecule has 168 valence electrons. The quantitative estimate of drug-likeness (QED) is 0.146. The lowest BCUT2D eigenvalue weighted by Gasteiger charge is -2.24. The van der Waals surface area contributed by atoms with Crippen LogP contribution in [0.25, 0.3) is 0 Å². The third-order valence-electron chi connectivity index (χ3n) is 3.92. The second-order valence-electron chi connectivity index (χ2n) is 7.71. The highest BCUT2D eigenvalue weighted by atomic mass is 16.6. The van der Waals surface area contributed by atoms with Crippen LogP contribution in [0.3, 0.4) is 0 Å². The molecule has 0 fully saturated rings. The monoisotopic (exact) mass is 424 g/mol. The van der Waals surface area contributed by atoms with Gasteiger partial charge in [0.05, 0.1) is 6.04 Å². The molecule has 0 spiro atoms. The van der Waals surface area contributed by atoms with Crippen molar-refractivity contribution in [1.29, 1.82) is 5.41 Å². The number of benzene rings is 1. The van der Waals surface area contributed by atoms with E-state index < -0.39 is 35.8 Å². The minimum absolute atomic E-state index is 0.0605. The summed E-state index contributed by atoms with van der Waals surface area (Å²) in [7, 11) is 0. The molecule has 10 heteroatoms. The van der Waals surface area contributed by atoms with Crippen LogP contribution >= 0.6 is 0 Å². The molecule has 2 unspecified atom stereocenters. The molecule has 6 N–H and O–H groups in total. The topological polar surface area (TPSA) is 153 Å². The number of hydrogen-bond donors (Lipinski definition) is 6. The van der Waals surface area contributed by atoms with E-state index >= 15 is 0 Å². The molecule has 1 aromatic carbocycles. The Labute approximate surface area is 176 Å². The summed E-state index contributed by atoms with van der Waals surface area (Å²) in [5.74, 6) is -0.546. The van der Waals surface area contributed by atoms with Crippen molar-refractivity contribution in [3.63, 3.8) is 0 Å². The van der Waals surface area contributed by atoms with Gasteiger partial charge in [0.1, 0.15) is 24.1 Å². The first-order valence-corrected chi connectivity index (χ1v) is 9.73. The Kier molecular flexibility index (Phi) is 10.6. The van der Waals surface area contributed by atoms with Crippen LogP contribution < -0.4 is 16.1 Å². The molecule has 0 heterocycles. The van der Waals surface area contributed by atoms with Crippen molar-refractivity contribution in [3.8, 4) is 0 Å². The number of amidine groups is 1. The molecule has 0 radical (unpaired) electrons. The van der Waals surface area contributed by atoms with E-state index in [1.54, 1.807) is 26.3 Å². The Hall–Kier alpha value is -2.85. The van der Waals surface area contributed by atoms with Crippen molar-refractivity contribution in [2.45, 2.75) is 64.4 Å². The Balaban J connectivity index is 2.46. The highest BCUT2D eigenvalue weighted by Gasteiger charge is 2.25. The first kappa shape index (κ1) is 25.2. The summed E-state index contributed by atoms with van der Waals surface area (Å²) in [6.45, 7) is 5.72. The zero-order valence-electron chi connectivity index (χ0n) is 17.6. The highest BCUT2D eigenvalue weighted by molar-refractivity contribution is 5.83. The minimum atomic E-state index is -1.45. The van der Waals surface area contributed by atoms with E-state index in [-0.39, 0.29) is 6.61 Å². The largest absolute Gasteiger partial charge is 0.445 e. The molecule has 0 aromatic heterocycles. The van der Waals surface area contributed by atoms with Gasteiger partial charge in [0, 0.05) is 6.54 Å². The van der Waals surface area contributed by atoms with E-state index in [9.17, 15) is 14.7 Å². The van der Waals surface area contributed by atoms with Gasteiger partial charge >= 0.3 is 12.2 Å². The molecule has 30 heavy (non-hydrogen) atoms. The Morgan fingerprint density at radius 1 is 1.13 bits per heavy atom. The third kappa shape index (κ3) is 10.6. The fourth-order valence-electron chi connectivity index (χ4n) is 2.49. The van der Waals surface area contributed by atoms with Crippen LogP contribution in [0.4, 0.5) is 9.59 Å². The number of carbonyl (C=O) groups excluding carboxylic acids is 2. The molecule has 0 aliphatic carbocycles. The van der Waals surface area contributed by atoms with Gasteiger partial charge in [-0.15, -0.1) is 0 Å². The number of alkyl carbamates (subject to hydrolysis) is 2. The first-order chi connectivity index (χ1) is 14.1. The standard InChI is InChI=1S/C20H32N4O6/c1-20(2,3)30-18(26)22-12-8-7-11-15(16(25)17(21)24-28)23-19(27)29-13-14-9-5-4-6-10-14/h4-6,9-10,15-16,25,28H,7-8,11-13H2,1-3H3,(H2,21,24)(H,22,26)(H,23,27). The summed E-state index contributed by atoms with van der Waals surface area (Å²) >= 11 is 0. The van der Waals surface area contributed by atoms with Crippen molar-refractivity contribution in [2.24, 2.45) is 0 Å². The molecule has 1 rings (SSSR count). The molecular formula is C20H32N4O6. The number of rotatable bonds is 10. The van der Waals surface area contributed by atoms with Gasteiger partial charge in [-0.25, -0.2) is 9.59 Å². The lowest BCUT2D eigenvalue weighted by molar-refractivity contribution is 0.0526. The average molecular weight is 424 g/mol. The average Bonchev–Trinajstić information content (AvgIpc) is 2.69. The van der Waals surface area contributed by atoms with Crippen LogP contribution in [0, 0.1) is 5.41 Å². The SMILES string of the molecule is CC(C)(C)OC(=O)NCCCCC(NC(=O)OCc1ccccc1)C(O)C(=N)NO. The van der Waals surface area contributed by atoms with Crippen molar-refractivity contribution in [2.75, 3.05) is 6.54 Å². The van der Waals surface area contributed by atoms with Gasteiger partial charge in [-0.2, -0.15) is 0 Å². The van der Waals surface area contributed by atoms with E-state index in [0.717, 1.165) is 5.56 Å². The van der Waals surface area contributed by atoms with Crippen LogP contribution in [0.1, 0.15) is 45.6 Å². The van der Waals surface area contributed by atoms with Gasteiger partial charge in [-0.05, 0) is 45.6 Å². The predicted molar refractivity (Wildman–Crippen MR) is 110 cm³/mol. The zero-order valence-corrected chi connectivity index (χ0v) is 17.6. The molecule has 0 aliphatic heterocycles. The van der Waals surface area contributed by atoms with Crippen molar-refractivity contribution in [1.82, 2.24) is 16.1 Å². The molecular weight excluding hydrogens is 392 g/mol. The molecule has 0 saturated heterocycles. The molecule has 0 bridgehead atoms. The summed E-state index contributed by atoms with van der Waals surface area (Å²) < 4.78 is 10.3. The van der Waals surface area contributed by atoms with Crippen LogP contribution in [-0.4, -0.2) is 52.6 Å². The zero-order chi connectivity index (χ0) is 22.6. The Morgan fingerprint density at radius 3 is 2.40 bits per heavy atom. The summed E-state index contributed by atoms with van der Waals surface area (Å²) in [6, 6.07) is 8.25. The van der Waals surface area contributed by atoms with Gasteiger partial charge in [0.2, 0.25) is 0 Å². The minimum Gasteiger partial charge on any atom is -0.445 e. The van der Waals surface area contributed by atoms with Crippen LogP contribution in [0.15, 0.2) is 30.3 Å². The first-order valence-electron chi connectivity index (χ1n) is 9.73. The Morgan fingerprint density at radius 2 is 1.80 bits per heavy atom. The van der Waals surface area contributed by atoms with E-state index in [0.29, 0.717) is 25.8 Å². The fourth-order valence-corrected chi connectivity index (χ4v) is 2.49. The second kappa shape index (κ2) is 12.7. The van der Waals surface area contributed by atoms with Crippen LogP contribution in [-0.2, 0) is 16.1 Å². The number of aliphatic hydroxyl groups is 1. The summed E-state index contributed by atoms with van der Waals surface area (Å²) in [6.07, 6.45) is -1.34. The smallest absolute Gasteiger partial charge is 0.407 e. The molecule has 0 saturated carbocycles. The molecule has 10 nitrogen and oxygen atoms in total. The lowest BCUT2D eigenvalue weighted by atomic mass is 10.0. The maximum Gasteiger partial charge on any atom is 0.407 e. The van der Waals surface area contributed by atoms with Gasteiger partial charge in [0.15, 0.2) is 0 Å². The molecule has 0 aliphatic rings.